The van der Waals surface area contributed by atoms with E-state index in [2.05, 4.69) is 25.3 Å². The van der Waals surface area contributed by atoms with Crippen molar-refractivity contribution in [2.24, 2.45) is 0 Å². The van der Waals surface area contributed by atoms with Gasteiger partial charge >= 0.3 is 0 Å². The minimum Gasteiger partial charge on any atom is -0.490 e. The summed E-state index contributed by atoms with van der Waals surface area (Å²) in [7, 11) is 0. The third-order valence-electron chi connectivity index (χ3n) is 6.02. The molecule has 3 aromatic rings. The summed E-state index contributed by atoms with van der Waals surface area (Å²) in [6.45, 7) is 11.1. The molecule has 0 saturated carbocycles. The molecule has 1 aliphatic rings. The van der Waals surface area contributed by atoms with Crippen LogP contribution >= 0.6 is 11.6 Å². The summed E-state index contributed by atoms with van der Waals surface area (Å²) in [4.78, 5) is 31.1. The number of benzene rings is 2. The van der Waals surface area contributed by atoms with Gasteiger partial charge in [-0.1, -0.05) is 50.2 Å². The van der Waals surface area contributed by atoms with Crippen LogP contribution in [0.3, 0.4) is 0 Å². The lowest BCUT2D eigenvalue weighted by molar-refractivity contribution is 0.0708. The van der Waals surface area contributed by atoms with E-state index in [1.54, 1.807) is 29.2 Å². The second kappa shape index (κ2) is 9.81. The lowest BCUT2D eigenvalue weighted by Gasteiger charge is -2.28. The number of carbonyl (C=O) groups excluding carboxylic acids is 1. The Bertz CT molecular complexity index is 1250. The van der Waals surface area contributed by atoms with Crippen molar-refractivity contribution in [2.45, 2.75) is 19.9 Å². The second-order valence-electron chi connectivity index (χ2n) is 7.91. The molecule has 0 radical (unpaired) electrons. The maximum atomic E-state index is 13.6. The molecule has 1 aliphatic heterocycles. The van der Waals surface area contributed by atoms with Crippen LogP contribution in [0.5, 0.6) is 5.75 Å². The van der Waals surface area contributed by atoms with Crippen LogP contribution in [-0.4, -0.2) is 48.5 Å². The summed E-state index contributed by atoms with van der Waals surface area (Å²) in [5.41, 5.74) is 1.24. The van der Waals surface area contributed by atoms with E-state index < -0.39 is 6.04 Å². The Balaban J connectivity index is 1.85. The molecule has 1 unspecified atom stereocenters. The smallest absolute Gasteiger partial charge is 0.290 e. The molecule has 6 nitrogen and oxygen atoms in total. The predicted octanol–water partition coefficient (Wildman–Crippen LogP) is 4.90. The number of rotatable bonds is 9. The van der Waals surface area contributed by atoms with E-state index in [1.807, 2.05) is 24.3 Å². The highest BCUT2D eigenvalue weighted by Gasteiger charge is 2.42. The first-order valence-electron chi connectivity index (χ1n) is 11.1. The third-order valence-corrected chi connectivity index (χ3v) is 6.26. The number of amides is 1. The van der Waals surface area contributed by atoms with Crippen LogP contribution in [0.25, 0.3) is 11.0 Å². The molecule has 0 spiro atoms. The molecular weight excluding hydrogens is 440 g/mol. The first-order chi connectivity index (χ1) is 16.0. The molecule has 33 heavy (non-hydrogen) atoms. The Morgan fingerprint density at radius 3 is 2.70 bits per heavy atom. The highest BCUT2D eigenvalue weighted by atomic mass is 35.5. The lowest BCUT2D eigenvalue weighted by Crippen LogP contribution is -2.37. The molecule has 2 heterocycles. The average Bonchev–Trinajstić information content (AvgIpc) is 3.11. The van der Waals surface area contributed by atoms with Gasteiger partial charge in [-0.2, -0.15) is 0 Å². The Hall–Kier alpha value is -3.09. The van der Waals surface area contributed by atoms with E-state index in [0.717, 1.165) is 18.7 Å². The largest absolute Gasteiger partial charge is 0.490 e. The number of hydrogen-bond donors (Lipinski definition) is 0. The number of carbonyl (C=O) groups is 1. The van der Waals surface area contributed by atoms with Gasteiger partial charge in [-0.3, -0.25) is 9.59 Å². The lowest BCUT2D eigenvalue weighted by atomic mass is 9.98. The molecule has 4 rings (SSSR count). The zero-order valence-corrected chi connectivity index (χ0v) is 19.6. The van der Waals surface area contributed by atoms with Crippen molar-refractivity contribution < 1.29 is 13.9 Å². The molecule has 1 amide bonds. The molecule has 1 atom stereocenters. The molecule has 7 heteroatoms. The topological polar surface area (TPSA) is 63.0 Å². The van der Waals surface area contributed by atoms with Crippen LogP contribution in [0.15, 0.2) is 64.3 Å². The summed E-state index contributed by atoms with van der Waals surface area (Å²) in [5.74, 6) is 0.454. The van der Waals surface area contributed by atoms with Crippen molar-refractivity contribution in [3.63, 3.8) is 0 Å². The zero-order chi connectivity index (χ0) is 23.5. The van der Waals surface area contributed by atoms with E-state index in [-0.39, 0.29) is 17.1 Å². The van der Waals surface area contributed by atoms with Crippen LogP contribution in [-0.2, 0) is 0 Å². The molecule has 0 fully saturated rings. The monoisotopic (exact) mass is 466 g/mol. The van der Waals surface area contributed by atoms with Gasteiger partial charge in [0, 0.05) is 18.1 Å². The van der Waals surface area contributed by atoms with Crippen molar-refractivity contribution in [2.75, 3.05) is 32.8 Å². The van der Waals surface area contributed by atoms with E-state index >= 15 is 0 Å². The predicted molar refractivity (Wildman–Crippen MR) is 130 cm³/mol. The molecule has 0 N–H and O–H groups in total. The number of nitrogens with zero attached hydrogens (tertiary/aromatic N) is 2. The third kappa shape index (κ3) is 4.41. The normalized spacial score (nSPS) is 15.3. The van der Waals surface area contributed by atoms with E-state index in [0.29, 0.717) is 47.0 Å². The zero-order valence-electron chi connectivity index (χ0n) is 18.8. The summed E-state index contributed by atoms with van der Waals surface area (Å²) in [6.07, 6.45) is 1.67. The van der Waals surface area contributed by atoms with Gasteiger partial charge in [0.2, 0.25) is 5.76 Å². The minimum absolute atomic E-state index is 0.0942. The van der Waals surface area contributed by atoms with Crippen LogP contribution in [0, 0.1) is 0 Å². The van der Waals surface area contributed by atoms with Gasteiger partial charge in [-0.05, 0) is 49.0 Å². The number of ether oxygens (including phenoxy) is 1. The molecule has 0 aliphatic carbocycles. The van der Waals surface area contributed by atoms with Crippen LogP contribution in [0.1, 0.15) is 41.6 Å². The highest BCUT2D eigenvalue weighted by molar-refractivity contribution is 6.31. The van der Waals surface area contributed by atoms with Crippen LogP contribution in [0.4, 0.5) is 0 Å². The number of hydrogen-bond acceptors (Lipinski definition) is 5. The molecule has 0 bridgehead atoms. The van der Waals surface area contributed by atoms with Crippen molar-refractivity contribution in [3.05, 3.63) is 87.3 Å². The standard InChI is InChI=1S/C26H27ClN2O4/c1-4-14-32-19-9-7-8-17(15-19)23-22-24(30)20-16-18(27)10-11-21(20)33-25(22)26(31)29(23)13-12-28(5-2)6-3/h4,7-11,15-16,23H,1,5-6,12-14H2,2-3H3. The Morgan fingerprint density at radius 2 is 1.97 bits per heavy atom. The first kappa shape index (κ1) is 23.1. The Morgan fingerprint density at radius 1 is 1.18 bits per heavy atom. The summed E-state index contributed by atoms with van der Waals surface area (Å²) in [6, 6.07) is 11.8. The summed E-state index contributed by atoms with van der Waals surface area (Å²) < 4.78 is 11.7. The van der Waals surface area contributed by atoms with Crippen molar-refractivity contribution >= 4 is 28.5 Å². The van der Waals surface area contributed by atoms with Crippen LogP contribution in [0.2, 0.25) is 5.02 Å². The van der Waals surface area contributed by atoms with Crippen molar-refractivity contribution in [1.29, 1.82) is 0 Å². The van der Waals surface area contributed by atoms with Gasteiger partial charge in [0.05, 0.1) is 17.0 Å². The molecular formula is C26H27ClN2O4. The average molecular weight is 467 g/mol. The molecule has 172 valence electrons. The fraction of sp³-hybridized carbons (Fsp3) is 0.308. The second-order valence-corrected chi connectivity index (χ2v) is 8.35. The van der Waals surface area contributed by atoms with E-state index in [9.17, 15) is 9.59 Å². The van der Waals surface area contributed by atoms with Gasteiger partial charge in [0.25, 0.3) is 5.91 Å². The number of halogens is 1. The first-order valence-corrected chi connectivity index (χ1v) is 11.5. The summed E-state index contributed by atoms with van der Waals surface area (Å²) >= 11 is 6.15. The molecule has 0 saturated heterocycles. The van der Waals surface area contributed by atoms with Gasteiger partial charge in [-0.15, -0.1) is 0 Å². The summed E-state index contributed by atoms with van der Waals surface area (Å²) in [5, 5.41) is 0.803. The number of likely N-dealkylation sites (N-methyl/N-ethyl adjacent to an activating group) is 1. The van der Waals surface area contributed by atoms with E-state index in [1.165, 1.54) is 0 Å². The molecule has 1 aromatic heterocycles. The van der Waals surface area contributed by atoms with Crippen molar-refractivity contribution in [3.8, 4) is 5.75 Å². The highest BCUT2D eigenvalue weighted by Crippen LogP contribution is 2.39. The fourth-order valence-corrected chi connectivity index (χ4v) is 4.46. The Labute approximate surface area is 198 Å². The molecule has 2 aromatic carbocycles. The van der Waals surface area contributed by atoms with Gasteiger partial charge in [0.1, 0.15) is 17.9 Å². The van der Waals surface area contributed by atoms with Crippen LogP contribution < -0.4 is 10.2 Å². The quantitative estimate of drug-likeness (QED) is 0.420. The fourth-order valence-electron chi connectivity index (χ4n) is 4.29. The van der Waals surface area contributed by atoms with Gasteiger partial charge in [-0.25, -0.2) is 0 Å². The number of fused-ring (bicyclic) bond motifs is 2. The SMILES string of the molecule is C=CCOc1cccc(C2c3c(oc4ccc(Cl)cc4c3=O)C(=O)N2CCN(CC)CC)c1. The minimum atomic E-state index is -0.574. The van der Waals surface area contributed by atoms with Gasteiger partial charge in [0.15, 0.2) is 5.43 Å². The van der Waals surface area contributed by atoms with Crippen molar-refractivity contribution in [1.82, 2.24) is 9.80 Å². The maximum Gasteiger partial charge on any atom is 0.290 e. The van der Waals surface area contributed by atoms with Gasteiger partial charge < -0.3 is 19.0 Å². The Kier molecular flexibility index (Phi) is 6.86. The van der Waals surface area contributed by atoms with E-state index in [4.69, 9.17) is 20.8 Å². The maximum absolute atomic E-state index is 13.6.